The maximum absolute atomic E-state index is 5.76. The van der Waals surface area contributed by atoms with Gasteiger partial charge in [-0.05, 0) is 37.3 Å². The number of hydrazine groups is 1. The number of nitrogens with one attached hydrogen (secondary N) is 1. The highest BCUT2D eigenvalue weighted by Crippen LogP contribution is 2.22. The van der Waals surface area contributed by atoms with Crippen molar-refractivity contribution in [3.8, 4) is 5.69 Å². The Balaban J connectivity index is 2.05. The third-order valence-electron chi connectivity index (χ3n) is 3.34. The van der Waals surface area contributed by atoms with E-state index >= 15 is 0 Å². The summed E-state index contributed by atoms with van der Waals surface area (Å²) in [7, 11) is 0. The van der Waals surface area contributed by atoms with Crippen molar-refractivity contribution >= 4 is 0 Å². The van der Waals surface area contributed by atoms with Gasteiger partial charge in [0.1, 0.15) is 6.04 Å². The van der Waals surface area contributed by atoms with Crippen molar-refractivity contribution in [2.24, 2.45) is 5.84 Å². The zero-order chi connectivity index (χ0) is 14.7. The molecule has 0 aliphatic heterocycles. The monoisotopic (exact) mass is 279 g/mol. The normalized spacial score (nSPS) is 12.3. The van der Waals surface area contributed by atoms with Gasteiger partial charge in [0.25, 0.3) is 0 Å². The fraction of sp³-hybridized carbons (Fsp3) is 0.125. The number of para-hydroxylation sites is 1. The standard InChI is InChI=1S/C16H17N5/c1-12-6-5-9-14(19-12)16(20-17)15-10-11-18-21(15)13-7-3-2-4-8-13/h2-11,16,20H,17H2,1H3. The van der Waals surface area contributed by atoms with Crippen LogP contribution in [0, 0.1) is 6.92 Å². The summed E-state index contributed by atoms with van der Waals surface area (Å²) in [6.07, 6.45) is 1.77. The van der Waals surface area contributed by atoms with E-state index in [9.17, 15) is 0 Å². The fourth-order valence-corrected chi connectivity index (χ4v) is 2.36. The molecule has 0 fully saturated rings. The Morgan fingerprint density at radius 3 is 2.57 bits per heavy atom. The summed E-state index contributed by atoms with van der Waals surface area (Å²) in [6, 6.07) is 17.6. The number of nitrogens with two attached hydrogens (primary N) is 1. The molecule has 21 heavy (non-hydrogen) atoms. The highest BCUT2D eigenvalue weighted by Gasteiger charge is 2.19. The lowest BCUT2D eigenvalue weighted by Gasteiger charge is -2.17. The molecule has 1 aromatic carbocycles. The lowest BCUT2D eigenvalue weighted by molar-refractivity contribution is 0.583. The van der Waals surface area contributed by atoms with Gasteiger partial charge in [0.15, 0.2) is 0 Å². The van der Waals surface area contributed by atoms with Crippen molar-refractivity contribution in [1.29, 1.82) is 0 Å². The molecular weight excluding hydrogens is 262 g/mol. The number of aromatic nitrogens is 3. The van der Waals surface area contributed by atoms with Gasteiger partial charge < -0.3 is 0 Å². The van der Waals surface area contributed by atoms with Crippen LogP contribution >= 0.6 is 0 Å². The van der Waals surface area contributed by atoms with E-state index < -0.39 is 0 Å². The third-order valence-corrected chi connectivity index (χ3v) is 3.34. The average molecular weight is 279 g/mol. The average Bonchev–Trinajstić information content (AvgIpc) is 2.98. The van der Waals surface area contributed by atoms with E-state index in [4.69, 9.17) is 5.84 Å². The lowest BCUT2D eigenvalue weighted by Crippen LogP contribution is -2.31. The van der Waals surface area contributed by atoms with Gasteiger partial charge in [-0.2, -0.15) is 5.10 Å². The highest BCUT2D eigenvalue weighted by molar-refractivity contribution is 5.35. The number of aryl methyl sites for hydroxylation is 1. The van der Waals surface area contributed by atoms with Gasteiger partial charge in [0, 0.05) is 11.9 Å². The first-order valence-corrected chi connectivity index (χ1v) is 6.78. The van der Waals surface area contributed by atoms with Gasteiger partial charge in [-0.3, -0.25) is 10.8 Å². The summed E-state index contributed by atoms with van der Waals surface area (Å²) in [5.41, 5.74) is 6.60. The minimum Gasteiger partial charge on any atom is -0.270 e. The van der Waals surface area contributed by atoms with E-state index in [2.05, 4.69) is 15.5 Å². The number of hydrogen-bond donors (Lipinski definition) is 2. The quantitative estimate of drug-likeness (QED) is 0.567. The Kier molecular flexibility index (Phi) is 3.77. The third kappa shape index (κ3) is 2.69. The van der Waals surface area contributed by atoms with Crippen LogP contribution in [-0.4, -0.2) is 14.8 Å². The number of rotatable bonds is 4. The molecule has 5 nitrogen and oxygen atoms in total. The van der Waals surface area contributed by atoms with Crippen molar-refractivity contribution in [2.75, 3.05) is 0 Å². The smallest absolute Gasteiger partial charge is 0.105 e. The summed E-state index contributed by atoms with van der Waals surface area (Å²) in [6.45, 7) is 1.96. The van der Waals surface area contributed by atoms with Crippen LogP contribution in [0.3, 0.4) is 0 Å². The second kappa shape index (κ2) is 5.87. The van der Waals surface area contributed by atoms with Crippen LogP contribution in [0.15, 0.2) is 60.8 Å². The van der Waals surface area contributed by atoms with Crippen LogP contribution < -0.4 is 11.3 Å². The predicted molar refractivity (Wildman–Crippen MR) is 81.7 cm³/mol. The number of benzene rings is 1. The van der Waals surface area contributed by atoms with Crippen molar-refractivity contribution < 1.29 is 0 Å². The maximum Gasteiger partial charge on any atom is 0.105 e. The zero-order valence-corrected chi connectivity index (χ0v) is 11.8. The van der Waals surface area contributed by atoms with E-state index in [0.717, 1.165) is 22.8 Å². The molecule has 5 heteroatoms. The van der Waals surface area contributed by atoms with E-state index in [1.807, 2.05) is 66.2 Å². The van der Waals surface area contributed by atoms with Crippen molar-refractivity contribution in [1.82, 2.24) is 20.2 Å². The Bertz CT molecular complexity index is 720. The first-order valence-electron chi connectivity index (χ1n) is 6.78. The summed E-state index contributed by atoms with van der Waals surface area (Å²) in [5.74, 6) is 5.76. The van der Waals surface area contributed by atoms with Crippen LogP contribution in [0.1, 0.15) is 23.1 Å². The lowest BCUT2D eigenvalue weighted by atomic mass is 10.1. The number of hydrogen-bond acceptors (Lipinski definition) is 4. The Morgan fingerprint density at radius 1 is 1.05 bits per heavy atom. The van der Waals surface area contributed by atoms with Crippen LogP contribution in [0.4, 0.5) is 0 Å². The van der Waals surface area contributed by atoms with Crippen LogP contribution in [0.5, 0.6) is 0 Å². The van der Waals surface area contributed by atoms with Gasteiger partial charge in [0.2, 0.25) is 0 Å². The van der Waals surface area contributed by atoms with Gasteiger partial charge in [-0.15, -0.1) is 0 Å². The Morgan fingerprint density at radius 2 is 1.86 bits per heavy atom. The van der Waals surface area contributed by atoms with E-state index in [1.54, 1.807) is 6.20 Å². The predicted octanol–water partition coefficient (Wildman–Crippen LogP) is 2.13. The molecule has 1 unspecified atom stereocenters. The van der Waals surface area contributed by atoms with Crippen LogP contribution in [0.2, 0.25) is 0 Å². The number of pyridine rings is 1. The minimum absolute atomic E-state index is 0.215. The second-order valence-corrected chi connectivity index (χ2v) is 4.81. The first kappa shape index (κ1) is 13.5. The van der Waals surface area contributed by atoms with Crippen LogP contribution in [0.25, 0.3) is 5.69 Å². The molecule has 3 aromatic rings. The van der Waals surface area contributed by atoms with Crippen molar-refractivity contribution in [2.45, 2.75) is 13.0 Å². The first-order chi connectivity index (χ1) is 10.3. The SMILES string of the molecule is Cc1cccc(C(NN)c2ccnn2-c2ccccc2)n1. The molecule has 0 saturated carbocycles. The zero-order valence-electron chi connectivity index (χ0n) is 11.8. The molecule has 3 N–H and O–H groups in total. The van der Waals surface area contributed by atoms with Crippen molar-refractivity contribution in [3.63, 3.8) is 0 Å². The summed E-state index contributed by atoms with van der Waals surface area (Å²) >= 11 is 0. The topological polar surface area (TPSA) is 68.8 Å². The molecule has 0 saturated heterocycles. The molecule has 2 aromatic heterocycles. The van der Waals surface area contributed by atoms with Crippen molar-refractivity contribution in [3.05, 3.63) is 77.9 Å². The second-order valence-electron chi connectivity index (χ2n) is 4.81. The van der Waals surface area contributed by atoms with E-state index in [1.165, 1.54) is 0 Å². The van der Waals surface area contributed by atoms with Gasteiger partial charge in [-0.1, -0.05) is 24.3 Å². The van der Waals surface area contributed by atoms with E-state index in [0.29, 0.717) is 0 Å². The van der Waals surface area contributed by atoms with Gasteiger partial charge in [0.05, 0.1) is 17.1 Å². The largest absolute Gasteiger partial charge is 0.270 e. The molecule has 106 valence electrons. The Labute approximate surface area is 123 Å². The molecule has 0 aliphatic carbocycles. The minimum atomic E-state index is -0.215. The summed E-state index contributed by atoms with van der Waals surface area (Å²) in [4.78, 5) is 4.55. The Hall–Kier alpha value is -2.50. The molecule has 0 bridgehead atoms. The van der Waals surface area contributed by atoms with Crippen LogP contribution in [-0.2, 0) is 0 Å². The molecular formula is C16H17N5. The highest BCUT2D eigenvalue weighted by atomic mass is 15.3. The molecule has 1 atom stereocenters. The molecule has 0 amide bonds. The molecule has 3 rings (SSSR count). The summed E-state index contributed by atoms with van der Waals surface area (Å²) < 4.78 is 1.87. The molecule has 2 heterocycles. The molecule has 0 aliphatic rings. The number of nitrogens with zero attached hydrogens (tertiary/aromatic N) is 3. The van der Waals surface area contributed by atoms with Gasteiger partial charge >= 0.3 is 0 Å². The summed E-state index contributed by atoms with van der Waals surface area (Å²) in [5, 5.41) is 4.40. The molecule has 0 spiro atoms. The van der Waals surface area contributed by atoms with E-state index in [-0.39, 0.29) is 6.04 Å². The van der Waals surface area contributed by atoms with Gasteiger partial charge in [-0.25, -0.2) is 10.1 Å². The maximum atomic E-state index is 5.76. The fourth-order valence-electron chi connectivity index (χ4n) is 2.36. The molecule has 0 radical (unpaired) electrons.